The van der Waals surface area contributed by atoms with E-state index in [-0.39, 0.29) is 0 Å². The third-order valence-corrected chi connectivity index (χ3v) is 4.53. The molecule has 1 fully saturated rings. The fourth-order valence-corrected chi connectivity index (χ4v) is 2.81. The molecule has 0 radical (unpaired) electrons. The number of benzene rings is 1. The van der Waals surface area contributed by atoms with E-state index in [2.05, 4.69) is 42.1 Å². The molecule has 1 aromatic carbocycles. The Hall–Kier alpha value is -0.990. The van der Waals surface area contributed by atoms with E-state index in [0.29, 0.717) is 5.92 Å². The van der Waals surface area contributed by atoms with Crippen LogP contribution in [0.25, 0.3) is 10.9 Å². The van der Waals surface area contributed by atoms with Gasteiger partial charge in [0.15, 0.2) is 0 Å². The molecule has 1 atom stereocenters. The molecule has 0 saturated heterocycles. The van der Waals surface area contributed by atoms with Gasteiger partial charge < -0.3 is 9.88 Å². The monoisotopic (exact) mass is 290 g/mol. The van der Waals surface area contributed by atoms with Gasteiger partial charge in [0.1, 0.15) is 0 Å². The second-order valence-electron chi connectivity index (χ2n) is 6.14. The van der Waals surface area contributed by atoms with Gasteiger partial charge in [-0.15, -0.1) is 0 Å². The Balaban J connectivity index is 1.92. The highest BCUT2D eigenvalue weighted by Gasteiger charge is 2.21. The van der Waals surface area contributed by atoms with Gasteiger partial charge in [-0.3, -0.25) is 0 Å². The highest BCUT2D eigenvalue weighted by atomic mass is 35.5. The minimum atomic E-state index is 0.689. The molecule has 1 heterocycles. The maximum absolute atomic E-state index is 6.18. The van der Waals surface area contributed by atoms with Crippen LogP contribution in [0.15, 0.2) is 24.4 Å². The summed E-state index contributed by atoms with van der Waals surface area (Å²) in [6.45, 7) is 6.59. The van der Waals surface area contributed by atoms with Crippen molar-refractivity contribution in [2.75, 3.05) is 0 Å². The van der Waals surface area contributed by atoms with E-state index in [9.17, 15) is 0 Å². The largest absolute Gasteiger partial charge is 0.347 e. The molecule has 20 heavy (non-hydrogen) atoms. The lowest BCUT2D eigenvalue weighted by molar-refractivity contribution is 0.477. The highest BCUT2D eigenvalue weighted by Crippen LogP contribution is 2.27. The number of hydrogen-bond donors (Lipinski definition) is 1. The molecule has 0 amide bonds. The third kappa shape index (κ3) is 3.02. The lowest BCUT2D eigenvalue weighted by Crippen LogP contribution is -2.15. The van der Waals surface area contributed by atoms with Crippen LogP contribution in [0.3, 0.4) is 0 Å². The fourth-order valence-electron chi connectivity index (χ4n) is 2.64. The molecule has 1 aliphatic rings. The first-order valence-corrected chi connectivity index (χ1v) is 8.05. The Morgan fingerprint density at radius 2 is 2.20 bits per heavy atom. The molecule has 3 heteroatoms. The Morgan fingerprint density at radius 1 is 1.40 bits per heavy atom. The van der Waals surface area contributed by atoms with Gasteiger partial charge in [-0.05, 0) is 36.5 Å². The summed E-state index contributed by atoms with van der Waals surface area (Å²) in [7, 11) is 0. The standard InChI is InChI=1S/C17H23ClN2/c1-3-12(2)10-20-11-13(9-19-15-5-6-15)16-7-4-14(18)8-17(16)20/h4,7-8,11-12,15,19H,3,5-6,9-10H2,1-2H3. The Kier molecular flexibility index (Phi) is 4.04. The summed E-state index contributed by atoms with van der Waals surface area (Å²) in [5, 5.41) is 5.77. The second kappa shape index (κ2) is 5.79. The SMILES string of the molecule is CCC(C)Cn1cc(CNC2CC2)c2ccc(Cl)cc21. The van der Waals surface area contributed by atoms with Crippen molar-refractivity contribution >= 4 is 22.5 Å². The molecule has 3 rings (SSSR count). The van der Waals surface area contributed by atoms with Gasteiger partial charge in [-0.25, -0.2) is 0 Å². The van der Waals surface area contributed by atoms with Crippen LogP contribution in [0.4, 0.5) is 0 Å². The van der Waals surface area contributed by atoms with Crippen LogP contribution in [0.1, 0.15) is 38.7 Å². The summed E-state index contributed by atoms with van der Waals surface area (Å²) in [6.07, 6.45) is 6.17. The van der Waals surface area contributed by atoms with Gasteiger partial charge in [0.05, 0.1) is 0 Å². The molecule has 1 unspecified atom stereocenters. The lowest BCUT2D eigenvalue weighted by Gasteiger charge is -2.11. The van der Waals surface area contributed by atoms with Crippen molar-refractivity contribution in [3.05, 3.63) is 35.0 Å². The maximum atomic E-state index is 6.18. The Morgan fingerprint density at radius 3 is 2.90 bits per heavy atom. The molecule has 0 aliphatic heterocycles. The van der Waals surface area contributed by atoms with Gasteiger partial charge >= 0.3 is 0 Å². The van der Waals surface area contributed by atoms with Gasteiger partial charge in [0, 0.05) is 41.3 Å². The van der Waals surface area contributed by atoms with Crippen LogP contribution in [0.2, 0.25) is 5.02 Å². The van der Waals surface area contributed by atoms with Crippen LogP contribution >= 0.6 is 11.6 Å². The molecule has 0 spiro atoms. The van der Waals surface area contributed by atoms with Crippen molar-refractivity contribution in [1.29, 1.82) is 0 Å². The van der Waals surface area contributed by atoms with E-state index < -0.39 is 0 Å². The average molecular weight is 291 g/mol. The van der Waals surface area contributed by atoms with E-state index in [1.54, 1.807) is 0 Å². The zero-order valence-electron chi connectivity index (χ0n) is 12.3. The first kappa shape index (κ1) is 14.0. The number of fused-ring (bicyclic) bond motifs is 1. The van der Waals surface area contributed by atoms with E-state index in [4.69, 9.17) is 11.6 Å². The van der Waals surface area contributed by atoms with Crippen LogP contribution < -0.4 is 5.32 Å². The minimum Gasteiger partial charge on any atom is -0.347 e. The molecular formula is C17H23ClN2. The van der Waals surface area contributed by atoms with Crippen molar-refractivity contribution in [3.63, 3.8) is 0 Å². The number of rotatable bonds is 6. The predicted molar refractivity (Wildman–Crippen MR) is 86.3 cm³/mol. The normalized spacial score (nSPS) is 16.8. The Labute approximate surface area is 126 Å². The van der Waals surface area contributed by atoms with E-state index in [0.717, 1.165) is 24.2 Å². The second-order valence-corrected chi connectivity index (χ2v) is 6.57. The highest BCUT2D eigenvalue weighted by molar-refractivity contribution is 6.31. The zero-order chi connectivity index (χ0) is 14.1. The molecule has 108 valence electrons. The maximum Gasteiger partial charge on any atom is 0.0498 e. The Bertz CT molecular complexity index is 598. The van der Waals surface area contributed by atoms with Crippen molar-refractivity contribution in [1.82, 2.24) is 9.88 Å². The quantitative estimate of drug-likeness (QED) is 0.823. The number of nitrogens with zero attached hydrogens (tertiary/aromatic N) is 1. The molecule has 1 aromatic heterocycles. The summed E-state index contributed by atoms with van der Waals surface area (Å²) in [6, 6.07) is 7.00. The molecule has 1 saturated carbocycles. The van der Waals surface area contributed by atoms with Crippen LogP contribution in [0, 0.1) is 5.92 Å². The van der Waals surface area contributed by atoms with Crippen LogP contribution in [0.5, 0.6) is 0 Å². The number of halogens is 1. The average Bonchev–Trinajstić information content (AvgIpc) is 3.21. The van der Waals surface area contributed by atoms with Gasteiger partial charge in [-0.2, -0.15) is 0 Å². The third-order valence-electron chi connectivity index (χ3n) is 4.29. The fraction of sp³-hybridized carbons (Fsp3) is 0.529. The smallest absolute Gasteiger partial charge is 0.0498 e. The summed E-state index contributed by atoms with van der Waals surface area (Å²) in [5.41, 5.74) is 2.66. The first-order valence-electron chi connectivity index (χ1n) is 7.68. The van der Waals surface area contributed by atoms with Gasteiger partial charge in [0.2, 0.25) is 0 Å². The van der Waals surface area contributed by atoms with E-state index in [1.165, 1.54) is 35.7 Å². The molecule has 1 N–H and O–H groups in total. The zero-order valence-corrected chi connectivity index (χ0v) is 13.1. The van der Waals surface area contributed by atoms with Crippen LogP contribution in [-0.2, 0) is 13.1 Å². The van der Waals surface area contributed by atoms with Crippen molar-refractivity contribution < 1.29 is 0 Å². The van der Waals surface area contributed by atoms with Crippen LogP contribution in [-0.4, -0.2) is 10.6 Å². The molecule has 2 nitrogen and oxygen atoms in total. The van der Waals surface area contributed by atoms with E-state index >= 15 is 0 Å². The topological polar surface area (TPSA) is 17.0 Å². The minimum absolute atomic E-state index is 0.689. The summed E-state index contributed by atoms with van der Waals surface area (Å²) >= 11 is 6.18. The molecule has 2 aromatic rings. The summed E-state index contributed by atoms with van der Waals surface area (Å²) < 4.78 is 2.37. The molecule has 0 bridgehead atoms. The van der Waals surface area contributed by atoms with Gasteiger partial charge in [-0.1, -0.05) is 37.9 Å². The lowest BCUT2D eigenvalue weighted by atomic mass is 10.1. The van der Waals surface area contributed by atoms with Crippen molar-refractivity contribution in [2.45, 2.75) is 52.2 Å². The number of aromatic nitrogens is 1. The summed E-state index contributed by atoms with van der Waals surface area (Å²) in [4.78, 5) is 0. The number of nitrogens with one attached hydrogen (secondary N) is 1. The van der Waals surface area contributed by atoms with Crippen molar-refractivity contribution in [2.24, 2.45) is 5.92 Å². The predicted octanol–water partition coefficient (Wildman–Crippen LogP) is 4.59. The first-order chi connectivity index (χ1) is 9.67. The molecular weight excluding hydrogens is 268 g/mol. The number of hydrogen-bond acceptors (Lipinski definition) is 1. The van der Waals surface area contributed by atoms with Crippen molar-refractivity contribution in [3.8, 4) is 0 Å². The van der Waals surface area contributed by atoms with Gasteiger partial charge in [0.25, 0.3) is 0 Å². The van der Waals surface area contributed by atoms with E-state index in [1.807, 2.05) is 6.07 Å². The summed E-state index contributed by atoms with van der Waals surface area (Å²) in [5.74, 6) is 0.689. The molecule has 1 aliphatic carbocycles.